The molecular formula is C19H17FN2O2. The van der Waals surface area contributed by atoms with Crippen LogP contribution < -0.4 is 5.32 Å². The minimum absolute atomic E-state index is 0.00446. The Morgan fingerprint density at radius 2 is 1.96 bits per heavy atom. The lowest BCUT2D eigenvalue weighted by Gasteiger charge is -2.36. The molecule has 0 aliphatic heterocycles. The molecule has 122 valence electrons. The maximum absolute atomic E-state index is 16.0. The summed E-state index contributed by atoms with van der Waals surface area (Å²) in [4.78, 5) is 15.4. The van der Waals surface area contributed by atoms with Gasteiger partial charge in [0.15, 0.2) is 0 Å². The topological polar surface area (TPSA) is 62.2 Å². The van der Waals surface area contributed by atoms with Crippen molar-refractivity contribution in [2.24, 2.45) is 0 Å². The van der Waals surface area contributed by atoms with E-state index in [0.717, 1.165) is 0 Å². The number of allylic oxidation sites excluding steroid dienone is 2. The minimum Gasteiger partial charge on any atom is -0.384 e. The van der Waals surface area contributed by atoms with E-state index < -0.39 is 17.7 Å². The molecule has 0 bridgehead atoms. The van der Waals surface area contributed by atoms with Gasteiger partial charge in [-0.05, 0) is 23.3 Å². The lowest BCUT2D eigenvalue weighted by molar-refractivity contribution is -0.119. The van der Waals surface area contributed by atoms with Gasteiger partial charge in [0.25, 0.3) is 0 Å². The van der Waals surface area contributed by atoms with Crippen molar-refractivity contribution < 1.29 is 14.3 Å². The molecule has 0 spiro atoms. The first-order chi connectivity index (χ1) is 11.5. The first kappa shape index (κ1) is 16.1. The van der Waals surface area contributed by atoms with Crippen LogP contribution in [0.5, 0.6) is 0 Å². The van der Waals surface area contributed by atoms with Crippen LogP contribution in [0.3, 0.4) is 0 Å². The number of halogens is 1. The smallest absolute Gasteiger partial charge is 0.221 e. The molecule has 1 amide bonds. The van der Waals surface area contributed by atoms with E-state index in [1.165, 1.54) is 25.4 Å². The fourth-order valence-corrected chi connectivity index (χ4v) is 2.85. The minimum atomic E-state index is -2.29. The van der Waals surface area contributed by atoms with Crippen molar-refractivity contribution in [2.45, 2.75) is 18.7 Å². The number of aromatic nitrogens is 1. The van der Waals surface area contributed by atoms with Crippen molar-refractivity contribution >= 4 is 11.5 Å². The van der Waals surface area contributed by atoms with Crippen molar-refractivity contribution in [3.05, 3.63) is 83.8 Å². The predicted molar refractivity (Wildman–Crippen MR) is 89.3 cm³/mol. The predicted octanol–water partition coefficient (Wildman–Crippen LogP) is 2.72. The van der Waals surface area contributed by atoms with Gasteiger partial charge in [-0.15, -0.1) is 0 Å². The number of amides is 1. The third-order valence-corrected chi connectivity index (χ3v) is 3.99. The molecule has 1 aliphatic rings. The van der Waals surface area contributed by atoms with Crippen LogP contribution in [0.15, 0.2) is 72.7 Å². The average Bonchev–Trinajstić information content (AvgIpc) is 2.60. The summed E-state index contributed by atoms with van der Waals surface area (Å²) < 4.78 is 16.0. The lowest BCUT2D eigenvalue weighted by atomic mass is 9.78. The zero-order chi connectivity index (χ0) is 17.2. The highest BCUT2D eigenvalue weighted by atomic mass is 19.1. The van der Waals surface area contributed by atoms with Gasteiger partial charge in [0.05, 0.1) is 5.70 Å². The monoisotopic (exact) mass is 324 g/mol. The van der Waals surface area contributed by atoms with E-state index in [-0.39, 0.29) is 11.3 Å². The molecule has 24 heavy (non-hydrogen) atoms. The molecule has 2 aromatic rings. The third-order valence-electron chi connectivity index (χ3n) is 3.99. The van der Waals surface area contributed by atoms with Gasteiger partial charge in [0.2, 0.25) is 11.6 Å². The average molecular weight is 324 g/mol. The highest BCUT2D eigenvalue weighted by molar-refractivity contribution is 5.79. The normalized spacial score (nSPS) is 23.2. The summed E-state index contributed by atoms with van der Waals surface area (Å²) in [6.45, 7) is 1.30. The van der Waals surface area contributed by atoms with E-state index in [9.17, 15) is 9.90 Å². The molecule has 2 atom stereocenters. The van der Waals surface area contributed by atoms with Gasteiger partial charge in [-0.3, -0.25) is 9.78 Å². The molecular weight excluding hydrogens is 307 g/mol. The Bertz CT molecular complexity index is 803. The molecule has 1 aromatic carbocycles. The zero-order valence-electron chi connectivity index (χ0n) is 13.1. The number of carbonyl (C=O) groups excluding carboxylic acids is 1. The fraction of sp³-hybridized carbons (Fsp3) is 0.158. The molecule has 0 radical (unpaired) electrons. The number of aliphatic hydroxyl groups is 1. The van der Waals surface area contributed by atoms with E-state index in [4.69, 9.17) is 0 Å². The molecule has 0 fully saturated rings. The second-order valence-electron chi connectivity index (χ2n) is 5.61. The van der Waals surface area contributed by atoms with E-state index >= 15 is 4.39 Å². The largest absolute Gasteiger partial charge is 0.384 e. The zero-order valence-corrected chi connectivity index (χ0v) is 13.1. The van der Waals surface area contributed by atoms with Crippen LogP contribution in [0.1, 0.15) is 18.1 Å². The Kier molecular flexibility index (Phi) is 4.27. The summed E-state index contributed by atoms with van der Waals surface area (Å²) in [5, 5.41) is 13.3. The van der Waals surface area contributed by atoms with E-state index in [1.807, 2.05) is 18.2 Å². The van der Waals surface area contributed by atoms with E-state index in [1.54, 1.807) is 30.3 Å². The number of benzene rings is 1. The Morgan fingerprint density at radius 1 is 1.21 bits per heavy atom. The van der Waals surface area contributed by atoms with Crippen LogP contribution in [0, 0.1) is 0 Å². The number of aliphatic hydroxyl groups excluding tert-OH is 1. The van der Waals surface area contributed by atoms with Gasteiger partial charge in [-0.25, -0.2) is 4.39 Å². The molecule has 1 aromatic heterocycles. The maximum Gasteiger partial charge on any atom is 0.221 e. The summed E-state index contributed by atoms with van der Waals surface area (Å²) in [5.74, 6) is -0.407. The first-order valence-corrected chi connectivity index (χ1v) is 7.56. The number of alkyl halides is 1. The summed E-state index contributed by atoms with van der Waals surface area (Å²) in [7, 11) is 0. The molecule has 2 unspecified atom stereocenters. The number of pyridine rings is 1. The molecule has 4 nitrogen and oxygen atoms in total. The third kappa shape index (κ3) is 2.74. The van der Waals surface area contributed by atoms with Gasteiger partial charge in [-0.2, -0.15) is 0 Å². The molecule has 0 saturated heterocycles. The number of hydrogen-bond donors (Lipinski definition) is 2. The highest BCUT2D eigenvalue weighted by Gasteiger charge is 2.48. The summed E-state index contributed by atoms with van der Waals surface area (Å²) >= 11 is 0. The molecule has 0 saturated carbocycles. The summed E-state index contributed by atoms with van der Waals surface area (Å²) in [5.41, 5.74) is -0.959. The molecule has 1 aliphatic carbocycles. The van der Waals surface area contributed by atoms with Crippen molar-refractivity contribution in [3.8, 4) is 0 Å². The Morgan fingerprint density at radius 3 is 2.58 bits per heavy atom. The van der Waals surface area contributed by atoms with Crippen molar-refractivity contribution in [1.29, 1.82) is 0 Å². The second-order valence-corrected chi connectivity index (χ2v) is 5.61. The number of hydrogen-bond acceptors (Lipinski definition) is 3. The quantitative estimate of drug-likeness (QED) is 0.912. The highest BCUT2D eigenvalue weighted by Crippen LogP contribution is 2.44. The molecule has 3 rings (SSSR count). The Hall–Kier alpha value is -2.79. The number of carbonyl (C=O) groups is 1. The SMILES string of the molecule is CC(=O)NC1=CC=C(c2ccccc2)C(O)C1(F)c1cccnc1. The number of nitrogens with zero attached hydrogens (tertiary/aromatic N) is 1. The summed E-state index contributed by atoms with van der Waals surface area (Å²) in [6.07, 6.45) is 4.52. The maximum atomic E-state index is 16.0. The molecule has 1 heterocycles. The Balaban J connectivity index is 2.13. The van der Waals surface area contributed by atoms with Crippen molar-refractivity contribution in [3.63, 3.8) is 0 Å². The second kappa shape index (κ2) is 6.37. The van der Waals surface area contributed by atoms with Gasteiger partial charge in [0, 0.05) is 24.9 Å². The van der Waals surface area contributed by atoms with Crippen LogP contribution in [0.2, 0.25) is 0 Å². The lowest BCUT2D eigenvalue weighted by Crippen LogP contribution is -2.45. The van der Waals surface area contributed by atoms with Crippen LogP contribution in [-0.2, 0) is 10.5 Å². The van der Waals surface area contributed by atoms with Gasteiger partial charge < -0.3 is 10.4 Å². The van der Waals surface area contributed by atoms with E-state index in [0.29, 0.717) is 11.1 Å². The van der Waals surface area contributed by atoms with Gasteiger partial charge >= 0.3 is 0 Å². The van der Waals surface area contributed by atoms with Crippen LogP contribution in [0.25, 0.3) is 5.57 Å². The van der Waals surface area contributed by atoms with Crippen LogP contribution in [0.4, 0.5) is 4.39 Å². The Labute approximate surface area is 139 Å². The first-order valence-electron chi connectivity index (χ1n) is 7.56. The summed E-state index contributed by atoms with van der Waals surface area (Å²) in [6, 6.07) is 12.2. The van der Waals surface area contributed by atoms with E-state index in [2.05, 4.69) is 10.3 Å². The number of nitrogens with one attached hydrogen (secondary N) is 1. The molecule has 5 heteroatoms. The van der Waals surface area contributed by atoms with Gasteiger partial charge in [-0.1, -0.05) is 42.5 Å². The fourth-order valence-electron chi connectivity index (χ4n) is 2.85. The molecule has 2 N–H and O–H groups in total. The van der Waals surface area contributed by atoms with Crippen molar-refractivity contribution in [2.75, 3.05) is 0 Å². The standard InChI is InChI=1S/C19H17FN2O2/c1-13(23)22-17-10-9-16(14-6-3-2-4-7-14)18(24)19(17,20)15-8-5-11-21-12-15/h2-12,18,24H,1H3,(H,22,23). The number of rotatable bonds is 3. The van der Waals surface area contributed by atoms with Crippen LogP contribution >= 0.6 is 0 Å². The van der Waals surface area contributed by atoms with Crippen LogP contribution in [-0.4, -0.2) is 22.1 Å². The van der Waals surface area contributed by atoms with Crippen molar-refractivity contribution in [1.82, 2.24) is 10.3 Å². The van der Waals surface area contributed by atoms with Gasteiger partial charge in [0.1, 0.15) is 6.10 Å².